The first kappa shape index (κ1) is 36.4. The number of para-hydroxylation sites is 2. The monoisotopic (exact) mass is 728 g/mol. The van der Waals surface area contributed by atoms with Crippen LogP contribution in [0, 0.1) is 0 Å². The van der Waals surface area contributed by atoms with E-state index in [4.69, 9.17) is 23.9 Å². The number of imide groups is 2. The molecule has 7 rings (SSSR count). The minimum Gasteiger partial charge on any atom is -0.382 e. The number of piperidine rings is 1. The highest BCUT2D eigenvalue weighted by Crippen LogP contribution is 2.32. The van der Waals surface area contributed by atoms with Crippen LogP contribution in [0.15, 0.2) is 54.7 Å². The van der Waals surface area contributed by atoms with E-state index in [1.54, 1.807) is 18.2 Å². The smallest absolute Gasteiger partial charge is 0.264 e. The maximum atomic E-state index is 13.2. The van der Waals surface area contributed by atoms with Crippen LogP contribution in [0.4, 0.5) is 11.5 Å². The summed E-state index contributed by atoms with van der Waals surface area (Å²) < 4.78 is 24.6. The highest BCUT2D eigenvalue weighted by atomic mass is 16.6. The van der Waals surface area contributed by atoms with Crippen molar-refractivity contribution in [1.29, 1.82) is 0 Å². The molecular weight excluding hydrogens is 684 g/mol. The largest absolute Gasteiger partial charge is 0.382 e. The van der Waals surface area contributed by atoms with Gasteiger partial charge in [-0.1, -0.05) is 18.2 Å². The van der Waals surface area contributed by atoms with E-state index in [1.807, 2.05) is 22.6 Å². The van der Waals surface area contributed by atoms with E-state index in [9.17, 15) is 19.2 Å². The maximum Gasteiger partial charge on any atom is 0.264 e. The molecule has 2 aromatic heterocycles. The van der Waals surface area contributed by atoms with E-state index in [-0.39, 0.29) is 24.0 Å². The molecule has 5 heterocycles. The molecule has 2 saturated heterocycles. The van der Waals surface area contributed by atoms with Crippen LogP contribution in [0.5, 0.6) is 0 Å². The van der Waals surface area contributed by atoms with Crippen LogP contribution in [0.1, 0.15) is 33.6 Å². The molecule has 2 fully saturated rings. The van der Waals surface area contributed by atoms with E-state index in [2.05, 4.69) is 43.7 Å². The summed E-state index contributed by atoms with van der Waals surface area (Å²) in [6.45, 7) is 8.72. The number of ether oxygens (including phenoxy) is 4. The Labute approximate surface area is 306 Å². The Kier molecular flexibility index (Phi) is 11.8. The Morgan fingerprint density at radius 2 is 1.47 bits per heavy atom. The maximum absolute atomic E-state index is 13.2. The standard InChI is InChI=1S/C37H44N8O8/c46-32-9-8-30(34(47)41-32)45-35(48)26-4-3-6-28(33(26)36(45)49)38-11-18-50-20-22-52-24-25-53-23-21-51-19-17-42-13-15-43(16-14-42)31-10-12-44-29-7-2-1-5-27(29)39-37(44)40-31/h1-7,10,12,30,38H,8-9,11,13-25H2,(H,41,46,47). The number of hydrogen-bond acceptors (Lipinski definition) is 13. The Morgan fingerprint density at radius 1 is 0.755 bits per heavy atom. The highest BCUT2D eigenvalue weighted by Gasteiger charge is 2.45. The summed E-state index contributed by atoms with van der Waals surface area (Å²) in [5.41, 5.74) is 2.95. The summed E-state index contributed by atoms with van der Waals surface area (Å²) >= 11 is 0. The van der Waals surface area contributed by atoms with Gasteiger partial charge in [0.1, 0.15) is 11.9 Å². The third-order valence-corrected chi connectivity index (χ3v) is 9.56. The number of carbonyl (C=O) groups excluding carboxylic acids is 4. The predicted molar refractivity (Wildman–Crippen MR) is 194 cm³/mol. The SMILES string of the molecule is O=C1CCC(N2C(=O)c3cccc(NCCOCCOCCOCCOCCN4CCN(c5ccn6c(n5)nc5ccccc56)CC4)c3C2=O)C(=O)N1. The number of benzene rings is 2. The number of hydrogen-bond donors (Lipinski definition) is 2. The van der Waals surface area contributed by atoms with E-state index >= 15 is 0 Å². The van der Waals surface area contributed by atoms with Crippen molar-refractivity contribution < 1.29 is 38.1 Å². The van der Waals surface area contributed by atoms with Gasteiger partial charge in [0, 0.05) is 57.6 Å². The summed E-state index contributed by atoms with van der Waals surface area (Å²) in [6, 6.07) is 14.1. The molecule has 16 heteroatoms. The predicted octanol–water partition coefficient (Wildman–Crippen LogP) is 1.58. The summed E-state index contributed by atoms with van der Waals surface area (Å²) in [7, 11) is 0. The van der Waals surface area contributed by atoms with E-state index < -0.39 is 29.7 Å². The topological polar surface area (TPSA) is 169 Å². The molecule has 3 aliphatic heterocycles. The molecule has 1 unspecified atom stereocenters. The van der Waals surface area contributed by atoms with Crippen molar-refractivity contribution >= 4 is 51.9 Å². The van der Waals surface area contributed by atoms with Gasteiger partial charge in [-0.3, -0.25) is 38.7 Å². The van der Waals surface area contributed by atoms with Gasteiger partial charge in [-0.25, -0.2) is 4.98 Å². The van der Waals surface area contributed by atoms with Crippen molar-refractivity contribution in [2.24, 2.45) is 0 Å². The van der Waals surface area contributed by atoms with Gasteiger partial charge in [-0.05, 0) is 36.8 Å². The Bertz CT molecular complexity index is 1940. The molecule has 0 saturated carbocycles. The number of amides is 4. The van der Waals surface area contributed by atoms with Gasteiger partial charge >= 0.3 is 0 Å². The third-order valence-electron chi connectivity index (χ3n) is 9.56. The van der Waals surface area contributed by atoms with Crippen LogP contribution in [-0.4, -0.2) is 146 Å². The second-order valence-electron chi connectivity index (χ2n) is 12.9. The van der Waals surface area contributed by atoms with Gasteiger partial charge in [-0.15, -0.1) is 0 Å². The molecule has 53 heavy (non-hydrogen) atoms. The van der Waals surface area contributed by atoms with Crippen molar-refractivity contribution in [1.82, 2.24) is 29.5 Å². The lowest BCUT2D eigenvalue weighted by molar-refractivity contribution is -0.136. The molecule has 0 aliphatic carbocycles. The highest BCUT2D eigenvalue weighted by molar-refractivity contribution is 6.25. The first-order valence-corrected chi connectivity index (χ1v) is 18.1. The number of piperazine rings is 1. The lowest BCUT2D eigenvalue weighted by atomic mass is 10.0. The van der Waals surface area contributed by atoms with Gasteiger partial charge in [-0.2, -0.15) is 4.98 Å². The number of nitrogens with one attached hydrogen (secondary N) is 2. The van der Waals surface area contributed by atoms with Crippen molar-refractivity contribution in [2.45, 2.75) is 18.9 Å². The Balaban J connectivity index is 0.688. The third kappa shape index (κ3) is 8.47. The first-order chi connectivity index (χ1) is 26.0. The van der Waals surface area contributed by atoms with Gasteiger partial charge in [0.2, 0.25) is 17.6 Å². The number of nitrogens with zero attached hydrogens (tertiary/aromatic N) is 6. The van der Waals surface area contributed by atoms with Crippen LogP contribution in [-0.2, 0) is 28.5 Å². The number of aromatic nitrogens is 3. The number of rotatable bonds is 18. The summed E-state index contributed by atoms with van der Waals surface area (Å²) in [5.74, 6) is -0.456. The molecule has 16 nitrogen and oxygen atoms in total. The zero-order chi connectivity index (χ0) is 36.6. The molecule has 4 aromatic rings. The molecule has 0 radical (unpaired) electrons. The molecule has 280 valence electrons. The minimum absolute atomic E-state index is 0.0716. The van der Waals surface area contributed by atoms with Crippen LogP contribution in [0.3, 0.4) is 0 Å². The van der Waals surface area contributed by atoms with Gasteiger partial charge in [0.15, 0.2) is 0 Å². The second kappa shape index (κ2) is 17.2. The molecule has 0 bridgehead atoms. The fourth-order valence-corrected chi connectivity index (χ4v) is 6.79. The van der Waals surface area contributed by atoms with Gasteiger partial charge in [0.25, 0.3) is 11.8 Å². The van der Waals surface area contributed by atoms with Crippen molar-refractivity contribution in [3.05, 3.63) is 65.9 Å². The average Bonchev–Trinajstić information content (AvgIpc) is 3.67. The lowest BCUT2D eigenvalue weighted by Crippen LogP contribution is -2.54. The zero-order valence-electron chi connectivity index (χ0n) is 29.5. The molecule has 4 amide bonds. The van der Waals surface area contributed by atoms with E-state index in [0.29, 0.717) is 65.1 Å². The van der Waals surface area contributed by atoms with E-state index in [1.165, 1.54) is 0 Å². The molecule has 2 N–H and O–H groups in total. The summed E-state index contributed by atoms with van der Waals surface area (Å²) in [5, 5.41) is 5.36. The fourth-order valence-electron chi connectivity index (χ4n) is 6.79. The fraction of sp³-hybridized carbons (Fsp3) is 0.459. The summed E-state index contributed by atoms with van der Waals surface area (Å²) in [6.07, 6.45) is 2.23. The molecule has 0 spiro atoms. The first-order valence-electron chi connectivity index (χ1n) is 18.1. The summed E-state index contributed by atoms with van der Waals surface area (Å²) in [4.78, 5) is 65.2. The van der Waals surface area contributed by atoms with Crippen LogP contribution in [0.25, 0.3) is 16.8 Å². The average molecular weight is 729 g/mol. The van der Waals surface area contributed by atoms with Gasteiger partial charge < -0.3 is 29.2 Å². The molecule has 3 aliphatic rings. The Morgan fingerprint density at radius 3 is 2.23 bits per heavy atom. The minimum atomic E-state index is -1.00. The molecule has 1 atom stereocenters. The number of fused-ring (bicyclic) bond motifs is 4. The number of anilines is 2. The molecular formula is C37H44N8O8. The van der Waals surface area contributed by atoms with Crippen molar-refractivity contribution in [2.75, 3.05) is 102 Å². The van der Waals surface area contributed by atoms with Crippen molar-refractivity contribution in [3.63, 3.8) is 0 Å². The normalized spacial score (nSPS) is 18.0. The Hall–Kier alpha value is -5.00. The van der Waals surface area contributed by atoms with Gasteiger partial charge in [0.05, 0.1) is 75.0 Å². The van der Waals surface area contributed by atoms with E-state index in [0.717, 1.165) is 60.3 Å². The lowest BCUT2D eigenvalue weighted by Gasteiger charge is -2.35. The number of carbonyl (C=O) groups is 4. The van der Waals surface area contributed by atoms with Crippen LogP contribution >= 0.6 is 0 Å². The van der Waals surface area contributed by atoms with Crippen LogP contribution < -0.4 is 15.5 Å². The quantitative estimate of drug-likeness (QED) is 0.112. The second-order valence-corrected chi connectivity index (χ2v) is 12.9. The molecule has 2 aromatic carbocycles. The number of imidazole rings is 1. The zero-order valence-corrected chi connectivity index (χ0v) is 29.5. The van der Waals surface area contributed by atoms with Crippen LogP contribution in [0.2, 0.25) is 0 Å². The van der Waals surface area contributed by atoms with Crippen molar-refractivity contribution in [3.8, 4) is 0 Å².